The van der Waals surface area contributed by atoms with Crippen molar-refractivity contribution in [3.63, 3.8) is 0 Å². The van der Waals surface area contributed by atoms with Gasteiger partial charge in [0.1, 0.15) is 11.9 Å². The van der Waals surface area contributed by atoms with Gasteiger partial charge in [0.15, 0.2) is 0 Å². The number of fused-ring (bicyclic) bond motifs is 3. The number of piperidine rings is 1. The number of hydrogen-bond acceptors (Lipinski definition) is 5. The van der Waals surface area contributed by atoms with Crippen LogP contribution in [0.3, 0.4) is 0 Å². The Kier molecular flexibility index (Phi) is 7.95. The molecule has 1 saturated heterocycles. The van der Waals surface area contributed by atoms with Gasteiger partial charge in [-0.2, -0.15) is 0 Å². The summed E-state index contributed by atoms with van der Waals surface area (Å²) in [5.74, 6) is -0.848. The van der Waals surface area contributed by atoms with Crippen LogP contribution >= 0.6 is 11.6 Å². The molecule has 0 radical (unpaired) electrons. The number of anilines is 1. The van der Waals surface area contributed by atoms with Crippen LogP contribution in [-0.2, 0) is 44.4 Å². The Hall–Kier alpha value is -3.47. The molecule has 3 heterocycles. The van der Waals surface area contributed by atoms with Crippen LogP contribution < -0.4 is 14.9 Å². The molecule has 2 amide bonds. The quantitative estimate of drug-likeness (QED) is 0.437. The lowest BCUT2D eigenvalue weighted by atomic mass is 9.74. The van der Waals surface area contributed by atoms with Gasteiger partial charge in [0.25, 0.3) is 0 Å². The second-order valence-electron chi connectivity index (χ2n) is 11.8. The number of nitrogens with zero attached hydrogens (tertiary/aromatic N) is 2. The highest BCUT2D eigenvalue weighted by molar-refractivity contribution is 7.92. The SMILES string of the molecule is CS(=O)(=O)N1CC2(CCN(C(=O)[C@@H](Cc3ccc(Cl)cc3)NC(=O)C3Cc4cc(F)ccc4CN3)CC2)c2ccccc21. The fourth-order valence-corrected chi connectivity index (χ4v) is 7.80. The molecule has 0 aromatic heterocycles. The molecule has 3 aliphatic rings. The summed E-state index contributed by atoms with van der Waals surface area (Å²) in [5.41, 5.74) is 3.91. The Balaban J connectivity index is 1.19. The minimum atomic E-state index is -3.45. The van der Waals surface area contributed by atoms with Gasteiger partial charge >= 0.3 is 0 Å². The van der Waals surface area contributed by atoms with E-state index in [1.54, 1.807) is 23.1 Å². The molecule has 11 heteroatoms. The van der Waals surface area contributed by atoms with Crippen molar-refractivity contribution in [2.45, 2.75) is 49.7 Å². The third-order valence-electron chi connectivity index (χ3n) is 9.04. The second-order valence-corrected chi connectivity index (χ2v) is 14.2. The summed E-state index contributed by atoms with van der Waals surface area (Å²) in [4.78, 5) is 29.3. The highest BCUT2D eigenvalue weighted by Crippen LogP contribution is 2.47. The lowest BCUT2D eigenvalue weighted by Crippen LogP contribution is -2.57. The molecule has 3 aromatic carbocycles. The molecule has 226 valence electrons. The highest BCUT2D eigenvalue weighted by atomic mass is 35.5. The molecule has 1 fully saturated rings. The van der Waals surface area contributed by atoms with E-state index in [1.807, 2.05) is 36.4 Å². The van der Waals surface area contributed by atoms with E-state index >= 15 is 0 Å². The Morgan fingerprint density at radius 3 is 2.51 bits per heavy atom. The van der Waals surface area contributed by atoms with E-state index in [0.717, 1.165) is 22.3 Å². The van der Waals surface area contributed by atoms with Crippen molar-refractivity contribution >= 4 is 39.1 Å². The van der Waals surface area contributed by atoms with Crippen LogP contribution in [0.15, 0.2) is 66.7 Å². The number of rotatable bonds is 6. The molecule has 2 N–H and O–H groups in total. The van der Waals surface area contributed by atoms with Crippen LogP contribution in [0.5, 0.6) is 0 Å². The van der Waals surface area contributed by atoms with Gasteiger partial charge in [-0.05, 0) is 71.8 Å². The number of para-hydroxylation sites is 1. The van der Waals surface area contributed by atoms with E-state index in [4.69, 9.17) is 11.6 Å². The largest absolute Gasteiger partial charge is 0.343 e. The zero-order valence-electron chi connectivity index (χ0n) is 23.9. The Bertz CT molecular complexity index is 1660. The third kappa shape index (κ3) is 6.01. The average molecular weight is 625 g/mol. The Morgan fingerprint density at radius 2 is 1.79 bits per heavy atom. The van der Waals surface area contributed by atoms with Crippen LogP contribution in [0.1, 0.15) is 35.1 Å². The van der Waals surface area contributed by atoms with E-state index in [0.29, 0.717) is 56.2 Å². The first kappa shape index (κ1) is 29.6. The number of hydrogen-bond donors (Lipinski definition) is 2. The van der Waals surface area contributed by atoms with Gasteiger partial charge < -0.3 is 15.5 Å². The summed E-state index contributed by atoms with van der Waals surface area (Å²) in [5, 5.41) is 6.78. The number of halogens is 2. The topological polar surface area (TPSA) is 98.8 Å². The molecule has 8 nitrogen and oxygen atoms in total. The van der Waals surface area contributed by atoms with E-state index in [9.17, 15) is 22.4 Å². The van der Waals surface area contributed by atoms with Crippen LogP contribution in [-0.4, -0.2) is 63.1 Å². The van der Waals surface area contributed by atoms with Crippen LogP contribution in [0.2, 0.25) is 5.02 Å². The minimum Gasteiger partial charge on any atom is -0.343 e. The summed E-state index contributed by atoms with van der Waals surface area (Å²) < 4.78 is 40.5. The lowest BCUT2D eigenvalue weighted by Gasteiger charge is -2.41. The molecule has 0 saturated carbocycles. The number of carbonyl (C=O) groups is 2. The molecule has 0 aliphatic carbocycles. The summed E-state index contributed by atoms with van der Waals surface area (Å²) >= 11 is 6.08. The van der Waals surface area contributed by atoms with Crippen LogP contribution in [0, 0.1) is 5.82 Å². The average Bonchev–Trinajstić information content (AvgIpc) is 3.32. The summed E-state index contributed by atoms with van der Waals surface area (Å²) in [6.07, 6.45) is 3.04. The molecule has 43 heavy (non-hydrogen) atoms. The summed E-state index contributed by atoms with van der Waals surface area (Å²) in [7, 11) is -3.45. The highest BCUT2D eigenvalue weighted by Gasteiger charge is 2.48. The van der Waals surface area contributed by atoms with Gasteiger partial charge in [-0.25, -0.2) is 12.8 Å². The smallest absolute Gasteiger partial charge is 0.245 e. The number of likely N-dealkylation sites (tertiary alicyclic amines) is 1. The molecular weight excluding hydrogens is 591 g/mol. The van der Waals surface area contributed by atoms with Crippen molar-refractivity contribution in [2.24, 2.45) is 0 Å². The van der Waals surface area contributed by atoms with E-state index in [-0.39, 0.29) is 29.5 Å². The van der Waals surface area contributed by atoms with Crippen LogP contribution in [0.25, 0.3) is 0 Å². The van der Waals surface area contributed by atoms with E-state index in [1.165, 1.54) is 22.7 Å². The van der Waals surface area contributed by atoms with Gasteiger partial charge in [0.2, 0.25) is 21.8 Å². The minimum absolute atomic E-state index is 0.188. The van der Waals surface area contributed by atoms with Crippen molar-refractivity contribution in [3.8, 4) is 0 Å². The second kappa shape index (κ2) is 11.6. The maximum absolute atomic E-state index is 14.0. The Labute approximate surface area is 256 Å². The van der Waals surface area contributed by atoms with Crippen molar-refractivity contribution in [1.29, 1.82) is 0 Å². The monoisotopic (exact) mass is 624 g/mol. The number of sulfonamides is 1. The van der Waals surface area contributed by atoms with Crippen LogP contribution in [0.4, 0.5) is 10.1 Å². The number of benzene rings is 3. The molecule has 6 rings (SSSR count). The molecular formula is C32H34ClFN4O4S. The van der Waals surface area contributed by atoms with Crippen molar-refractivity contribution in [1.82, 2.24) is 15.5 Å². The number of carbonyl (C=O) groups excluding carboxylic acids is 2. The summed E-state index contributed by atoms with van der Waals surface area (Å²) in [6, 6.07) is 18.0. The molecule has 1 spiro atoms. The van der Waals surface area contributed by atoms with Crippen molar-refractivity contribution < 1.29 is 22.4 Å². The molecule has 3 aliphatic heterocycles. The zero-order valence-corrected chi connectivity index (χ0v) is 25.4. The van der Waals surface area contributed by atoms with Gasteiger partial charge in [-0.15, -0.1) is 0 Å². The standard InChI is InChI=1S/C32H34ClFN4O4S/c1-43(41,42)38-20-32(26-4-2-3-5-29(26)38)12-14-37(15-13-32)31(40)28(16-21-6-9-24(33)10-7-21)36-30(39)27-18-23-17-25(34)11-8-22(23)19-35-27/h2-11,17,27-28,35H,12-16,18-20H2,1H3,(H,36,39)/t27?,28-/m1/s1. The first-order valence-electron chi connectivity index (χ1n) is 14.4. The predicted octanol–water partition coefficient (Wildman–Crippen LogP) is 3.56. The van der Waals surface area contributed by atoms with E-state index < -0.39 is 22.1 Å². The van der Waals surface area contributed by atoms with Crippen molar-refractivity contribution in [3.05, 3.63) is 99.8 Å². The van der Waals surface area contributed by atoms with Gasteiger partial charge in [0.05, 0.1) is 18.0 Å². The fourth-order valence-electron chi connectivity index (χ4n) is 6.68. The first-order chi connectivity index (χ1) is 20.5. The molecule has 0 bridgehead atoms. The van der Waals surface area contributed by atoms with Gasteiger partial charge in [-0.1, -0.05) is 48.0 Å². The fraction of sp³-hybridized carbons (Fsp3) is 0.375. The maximum atomic E-state index is 14.0. The zero-order chi connectivity index (χ0) is 30.4. The number of nitrogens with one attached hydrogen (secondary N) is 2. The summed E-state index contributed by atoms with van der Waals surface area (Å²) in [6.45, 7) is 1.66. The number of amides is 2. The van der Waals surface area contributed by atoms with E-state index in [2.05, 4.69) is 10.6 Å². The van der Waals surface area contributed by atoms with Crippen molar-refractivity contribution in [2.75, 3.05) is 30.2 Å². The maximum Gasteiger partial charge on any atom is 0.245 e. The molecule has 2 atom stereocenters. The molecule has 3 aromatic rings. The molecule has 1 unspecified atom stereocenters. The third-order valence-corrected chi connectivity index (χ3v) is 10.4. The van der Waals surface area contributed by atoms with Gasteiger partial charge in [-0.3, -0.25) is 13.9 Å². The Morgan fingerprint density at radius 1 is 1.07 bits per heavy atom. The normalized spacial score (nSPS) is 19.9. The lowest BCUT2D eigenvalue weighted by molar-refractivity contribution is -0.138. The predicted molar refractivity (Wildman–Crippen MR) is 164 cm³/mol. The van der Waals surface area contributed by atoms with Gasteiger partial charge in [0, 0.05) is 43.0 Å². The first-order valence-corrected chi connectivity index (χ1v) is 16.7.